The minimum absolute atomic E-state index is 0.00842. The Hall–Kier alpha value is -1.40. The minimum Gasteiger partial charge on any atom is -0.466 e. The number of halogens is 2. The van der Waals surface area contributed by atoms with Crippen molar-refractivity contribution in [3.05, 3.63) is 0 Å². The number of nitrogens with one attached hydrogen (secondary N) is 1. The lowest BCUT2D eigenvalue weighted by atomic mass is 10.1. The Kier molecular flexibility index (Phi) is 6.57. The second-order valence-corrected chi connectivity index (χ2v) is 4.58. The summed E-state index contributed by atoms with van der Waals surface area (Å²) in [6, 6.07) is 0. The lowest BCUT2D eigenvalue weighted by molar-refractivity contribution is -0.153. The van der Waals surface area contributed by atoms with Crippen molar-refractivity contribution in [3.8, 4) is 0 Å². The van der Waals surface area contributed by atoms with Crippen LogP contribution in [0.15, 0.2) is 0 Å². The molecule has 1 N–H and O–H groups in total. The number of carbonyl (C=O) groups excluding carboxylic acids is 2. The van der Waals surface area contributed by atoms with E-state index in [4.69, 9.17) is 4.74 Å². The van der Waals surface area contributed by atoms with Gasteiger partial charge in [-0.2, -0.15) is 0 Å². The summed E-state index contributed by atoms with van der Waals surface area (Å²) in [5, 5.41) is 2.12. The molecule has 1 amide bonds. The first-order valence-electron chi connectivity index (χ1n) is 5.59. The molecule has 0 spiro atoms. The Balaban J connectivity index is 4.28. The molecule has 0 heterocycles. The zero-order valence-corrected chi connectivity index (χ0v) is 11.0. The Labute approximate surface area is 105 Å². The molecule has 0 rings (SSSR count). The van der Waals surface area contributed by atoms with E-state index >= 15 is 0 Å². The summed E-state index contributed by atoms with van der Waals surface area (Å²) in [7, 11) is 0. The van der Waals surface area contributed by atoms with E-state index in [2.05, 4.69) is 10.1 Å². The number of alkyl halides is 2. The zero-order chi connectivity index (χ0) is 14.3. The molecule has 0 aliphatic heterocycles. The molecule has 0 saturated heterocycles. The number of hydrogen-bond donors (Lipinski definition) is 1. The quantitative estimate of drug-likeness (QED) is 0.773. The van der Waals surface area contributed by atoms with E-state index in [1.807, 2.05) is 0 Å². The van der Waals surface area contributed by atoms with Crippen molar-refractivity contribution in [2.75, 3.05) is 13.2 Å². The molecular weight excluding hydrogens is 248 g/mol. The van der Waals surface area contributed by atoms with Crippen LogP contribution in [-0.4, -0.2) is 37.2 Å². The number of rotatable bonds is 5. The molecule has 0 aliphatic carbocycles. The molecule has 7 heteroatoms. The maximum Gasteiger partial charge on any atom is 0.407 e. The smallest absolute Gasteiger partial charge is 0.407 e. The number of hydrogen-bond acceptors (Lipinski definition) is 4. The van der Waals surface area contributed by atoms with E-state index in [0.29, 0.717) is 0 Å². The molecule has 0 aromatic heterocycles. The third-order valence-electron chi connectivity index (χ3n) is 1.76. The molecule has 0 fully saturated rings. The van der Waals surface area contributed by atoms with Gasteiger partial charge in [0.15, 0.2) is 0 Å². The third kappa shape index (κ3) is 7.03. The maximum atomic E-state index is 12.6. The highest BCUT2D eigenvalue weighted by molar-refractivity contribution is 5.74. The van der Waals surface area contributed by atoms with Crippen LogP contribution in [0.3, 0.4) is 0 Å². The van der Waals surface area contributed by atoms with Crippen molar-refractivity contribution in [3.63, 3.8) is 0 Å². The predicted molar refractivity (Wildman–Crippen MR) is 60.4 cm³/mol. The number of alkyl carbamates (subject to hydrolysis) is 1. The maximum absolute atomic E-state index is 12.6. The normalized spacial score (nSPS) is 13.1. The van der Waals surface area contributed by atoms with Crippen molar-refractivity contribution in [2.24, 2.45) is 5.92 Å². The fourth-order valence-electron chi connectivity index (χ4n) is 1.03. The van der Waals surface area contributed by atoms with Gasteiger partial charge < -0.3 is 14.8 Å². The Bertz CT molecular complexity index is 289. The number of ether oxygens (including phenoxy) is 2. The van der Waals surface area contributed by atoms with E-state index in [-0.39, 0.29) is 6.61 Å². The van der Waals surface area contributed by atoms with E-state index in [1.165, 1.54) is 6.92 Å². The molecule has 0 radical (unpaired) electrons. The van der Waals surface area contributed by atoms with Crippen LogP contribution in [-0.2, 0) is 14.3 Å². The molecule has 106 valence electrons. The van der Waals surface area contributed by atoms with Crippen LogP contribution in [0, 0.1) is 5.92 Å². The third-order valence-corrected chi connectivity index (χ3v) is 1.76. The summed E-state index contributed by atoms with van der Waals surface area (Å²) in [6.07, 6.45) is -3.75. The minimum atomic E-state index is -2.90. The number of amides is 1. The fraction of sp³-hybridized carbons (Fsp3) is 0.818. The molecule has 0 saturated carbocycles. The lowest BCUT2D eigenvalue weighted by Gasteiger charge is -2.21. The van der Waals surface area contributed by atoms with Crippen molar-refractivity contribution in [1.29, 1.82) is 0 Å². The van der Waals surface area contributed by atoms with Crippen molar-refractivity contribution < 1.29 is 27.8 Å². The van der Waals surface area contributed by atoms with Crippen molar-refractivity contribution >= 4 is 12.1 Å². The van der Waals surface area contributed by atoms with Gasteiger partial charge in [-0.1, -0.05) is 0 Å². The molecule has 1 unspecified atom stereocenters. The van der Waals surface area contributed by atoms with E-state index in [1.54, 1.807) is 20.8 Å². The summed E-state index contributed by atoms with van der Waals surface area (Å²) in [6.45, 7) is 5.93. The van der Waals surface area contributed by atoms with Crippen molar-refractivity contribution in [1.82, 2.24) is 5.32 Å². The molecule has 0 aromatic rings. The molecule has 0 aromatic carbocycles. The van der Waals surface area contributed by atoms with Crippen LogP contribution in [0.1, 0.15) is 27.7 Å². The van der Waals surface area contributed by atoms with Gasteiger partial charge in [-0.3, -0.25) is 4.79 Å². The predicted octanol–water partition coefficient (Wildman–Crippen LogP) is 1.96. The van der Waals surface area contributed by atoms with Crippen LogP contribution in [0.5, 0.6) is 0 Å². The van der Waals surface area contributed by atoms with E-state index in [9.17, 15) is 18.4 Å². The van der Waals surface area contributed by atoms with E-state index < -0.39 is 36.6 Å². The average Bonchev–Trinajstić information content (AvgIpc) is 2.14. The van der Waals surface area contributed by atoms with Crippen molar-refractivity contribution in [2.45, 2.75) is 39.7 Å². The van der Waals surface area contributed by atoms with Gasteiger partial charge in [0.1, 0.15) is 11.5 Å². The number of carbonyl (C=O) groups is 2. The highest BCUT2D eigenvalue weighted by Crippen LogP contribution is 2.12. The van der Waals surface area contributed by atoms with Gasteiger partial charge in [0.05, 0.1) is 6.61 Å². The van der Waals surface area contributed by atoms with Gasteiger partial charge in [-0.25, -0.2) is 13.6 Å². The molecular formula is C11H19F2NO4. The second-order valence-electron chi connectivity index (χ2n) is 4.58. The largest absolute Gasteiger partial charge is 0.466 e. The van der Waals surface area contributed by atoms with E-state index in [0.717, 1.165) is 0 Å². The molecule has 18 heavy (non-hydrogen) atoms. The fourth-order valence-corrected chi connectivity index (χ4v) is 1.03. The second kappa shape index (κ2) is 7.13. The summed E-state index contributed by atoms with van der Waals surface area (Å²) in [5.41, 5.74) is -0.728. The SMILES string of the molecule is CCOC(=O)C(CNC(=O)OC(C)(C)C)C(F)F. The molecule has 1 atom stereocenters. The first kappa shape index (κ1) is 16.6. The van der Waals surface area contributed by atoms with Crippen LogP contribution in [0.4, 0.5) is 13.6 Å². The number of esters is 1. The Morgan fingerprint density at radius 1 is 1.28 bits per heavy atom. The van der Waals surface area contributed by atoms with Gasteiger partial charge in [0.25, 0.3) is 6.43 Å². The summed E-state index contributed by atoms with van der Waals surface area (Å²) in [5.74, 6) is -2.72. The topological polar surface area (TPSA) is 64.6 Å². The standard InChI is InChI=1S/C11H19F2NO4/c1-5-17-9(15)7(8(12)13)6-14-10(16)18-11(2,3)4/h7-8H,5-6H2,1-4H3,(H,14,16). The van der Waals surface area contributed by atoms with Gasteiger partial charge in [0.2, 0.25) is 0 Å². The van der Waals surface area contributed by atoms with Gasteiger partial charge in [-0.15, -0.1) is 0 Å². The monoisotopic (exact) mass is 267 g/mol. The lowest BCUT2D eigenvalue weighted by Crippen LogP contribution is -2.40. The summed E-state index contributed by atoms with van der Waals surface area (Å²) >= 11 is 0. The van der Waals surface area contributed by atoms with Crippen LogP contribution >= 0.6 is 0 Å². The van der Waals surface area contributed by atoms with Gasteiger partial charge in [0, 0.05) is 6.54 Å². The Morgan fingerprint density at radius 2 is 1.83 bits per heavy atom. The van der Waals surface area contributed by atoms with Crippen LogP contribution < -0.4 is 5.32 Å². The van der Waals surface area contributed by atoms with Crippen LogP contribution in [0.25, 0.3) is 0 Å². The van der Waals surface area contributed by atoms with Crippen LogP contribution in [0.2, 0.25) is 0 Å². The zero-order valence-electron chi connectivity index (χ0n) is 11.0. The van der Waals surface area contributed by atoms with Gasteiger partial charge in [-0.05, 0) is 27.7 Å². The first-order valence-corrected chi connectivity index (χ1v) is 5.59. The highest BCUT2D eigenvalue weighted by Gasteiger charge is 2.30. The molecule has 5 nitrogen and oxygen atoms in total. The first-order chi connectivity index (χ1) is 8.17. The molecule has 0 aliphatic rings. The average molecular weight is 267 g/mol. The molecule has 0 bridgehead atoms. The summed E-state index contributed by atoms with van der Waals surface area (Å²) < 4.78 is 34.5. The Morgan fingerprint density at radius 3 is 2.22 bits per heavy atom. The summed E-state index contributed by atoms with van der Waals surface area (Å²) in [4.78, 5) is 22.4. The highest BCUT2D eigenvalue weighted by atomic mass is 19.3. The van der Waals surface area contributed by atoms with Gasteiger partial charge >= 0.3 is 12.1 Å².